The van der Waals surface area contributed by atoms with E-state index in [9.17, 15) is 9.18 Å². The van der Waals surface area contributed by atoms with E-state index in [1.807, 2.05) is 11.4 Å². The van der Waals surface area contributed by atoms with Crippen LogP contribution in [0.2, 0.25) is 0 Å². The van der Waals surface area contributed by atoms with Crippen LogP contribution in [0.1, 0.15) is 10.4 Å². The van der Waals surface area contributed by atoms with Crippen molar-refractivity contribution in [3.05, 3.63) is 53.3 Å². The lowest BCUT2D eigenvalue weighted by Crippen LogP contribution is -1.94. The highest BCUT2D eigenvalue weighted by Gasteiger charge is 2.16. The number of methoxy groups -OCH3 is 1. The minimum atomic E-state index is -0.318. The van der Waals surface area contributed by atoms with E-state index >= 15 is 0 Å². The van der Waals surface area contributed by atoms with E-state index in [4.69, 9.17) is 4.74 Å². The Kier molecular flexibility index (Phi) is 3.53. The highest BCUT2D eigenvalue weighted by Crippen LogP contribution is 2.36. The summed E-state index contributed by atoms with van der Waals surface area (Å²) in [6.45, 7) is 0. The van der Waals surface area contributed by atoms with Crippen LogP contribution in [-0.4, -0.2) is 23.2 Å². The molecule has 3 aromatic rings. The molecule has 3 rings (SSSR count). The normalized spacial score (nSPS) is 10.6. The van der Waals surface area contributed by atoms with E-state index in [1.165, 1.54) is 23.5 Å². The summed E-state index contributed by atoms with van der Waals surface area (Å²) in [5.74, 6) is 0.356. The van der Waals surface area contributed by atoms with Gasteiger partial charge in [0.05, 0.1) is 23.2 Å². The summed E-state index contributed by atoms with van der Waals surface area (Å²) in [5.41, 5.74) is 1.70. The van der Waals surface area contributed by atoms with Gasteiger partial charge >= 0.3 is 0 Å². The second kappa shape index (κ2) is 5.49. The van der Waals surface area contributed by atoms with Crippen LogP contribution >= 0.6 is 11.3 Å². The Morgan fingerprint density at radius 1 is 1.29 bits per heavy atom. The van der Waals surface area contributed by atoms with Crippen molar-refractivity contribution in [2.75, 3.05) is 7.11 Å². The van der Waals surface area contributed by atoms with E-state index in [-0.39, 0.29) is 5.82 Å². The smallest absolute Gasteiger partial charge is 0.153 e. The number of thiophene rings is 1. The van der Waals surface area contributed by atoms with Crippen LogP contribution in [0.3, 0.4) is 0 Å². The van der Waals surface area contributed by atoms with E-state index < -0.39 is 0 Å². The number of benzene rings is 1. The Balaban J connectivity index is 2.10. The summed E-state index contributed by atoms with van der Waals surface area (Å²) in [7, 11) is 1.57. The molecule has 2 heterocycles. The molecule has 0 saturated heterocycles. The van der Waals surface area contributed by atoms with Gasteiger partial charge in [-0.1, -0.05) is 0 Å². The summed E-state index contributed by atoms with van der Waals surface area (Å²) in [6, 6.07) is 7.73. The minimum absolute atomic E-state index is 0.318. The van der Waals surface area contributed by atoms with Crippen LogP contribution < -0.4 is 4.74 Å². The van der Waals surface area contributed by atoms with Gasteiger partial charge in [0.1, 0.15) is 17.3 Å². The van der Waals surface area contributed by atoms with Crippen molar-refractivity contribution in [2.45, 2.75) is 0 Å². The standard InChI is InChI=1S/C15H11FN2O2S/c1-20-13-6-7-21-15(13)14-10(9-19)8-18(17-14)12-4-2-11(16)3-5-12/h2-9H,1H3. The van der Waals surface area contributed by atoms with Gasteiger partial charge in [-0.25, -0.2) is 9.07 Å². The minimum Gasteiger partial charge on any atom is -0.495 e. The summed E-state index contributed by atoms with van der Waals surface area (Å²) < 4.78 is 19.8. The van der Waals surface area contributed by atoms with E-state index in [2.05, 4.69) is 5.10 Å². The number of aromatic nitrogens is 2. The molecule has 0 radical (unpaired) electrons. The Hall–Kier alpha value is -2.47. The van der Waals surface area contributed by atoms with Crippen molar-refractivity contribution in [2.24, 2.45) is 0 Å². The molecule has 106 valence electrons. The van der Waals surface area contributed by atoms with Crippen molar-refractivity contribution in [1.82, 2.24) is 9.78 Å². The number of hydrogen-bond donors (Lipinski definition) is 0. The Morgan fingerprint density at radius 2 is 2.05 bits per heavy atom. The average Bonchev–Trinajstić information content (AvgIpc) is 3.13. The maximum atomic E-state index is 13.0. The molecule has 1 aromatic carbocycles. The predicted molar refractivity (Wildman–Crippen MR) is 78.8 cm³/mol. The largest absolute Gasteiger partial charge is 0.495 e. The van der Waals surface area contributed by atoms with Gasteiger partial charge in [-0.2, -0.15) is 5.10 Å². The van der Waals surface area contributed by atoms with Gasteiger partial charge in [-0.05, 0) is 35.7 Å². The molecule has 0 amide bonds. The molecule has 0 aliphatic heterocycles. The zero-order valence-corrected chi connectivity index (χ0v) is 11.9. The molecular formula is C15H11FN2O2S. The number of carbonyl (C=O) groups excluding carboxylic acids is 1. The lowest BCUT2D eigenvalue weighted by molar-refractivity contribution is 0.112. The van der Waals surface area contributed by atoms with E-state index in [0.29, 0.717) is 22.7 Å². The van der Waals surface area contributed by atoms with Crippen LogP contribution in [0, 0.1) is 5.82 Å². The highest BCUT2D eigenvalue weighted by atomic mass is 32.1. The third kappa shape index (κ3) is 2.45. The first-order valence-electron chi connectivity index (χ1n) is 6.15. The molecular weight excluding hydrogens is 291 g/mol. The summed E-state index contributed by atoms with van der Waals surface area (Å²) in [5, 5.41) is 6.30. The Morgan fingerprint density at radius 3 is 2.71 bits per heavy atom. The molecule has 0 aliphatic carbocycles. The van der Waals surface area contributed by atoms with Crippen LogP contribution in [0.25, 0.3) is 16.3 Å². The number of aldehydes is 1. The second-order valence-corrected chi connectivity index (χ2v) is 5.21. The average molecular weight is 302 g/mol. The SMILES string of the molecule is COc1ccsc1-c1nn(-c2ccc(F)cc2)cc1C=O. The molecule has 0 fully saturated rings. The fourth-order valence-corrected chi connectivity index (χ4v) is 2.87. The van der Waals surface area contributed by atoms with Gasteiger partial charge in [0.25, 0.3) is 0 Å². The van der Waals surface area contributed by atoms with Crippen LogP contribution in [0.4, 0.5) is 4.39 Å². The number of rotatable bonds is 4. The highest BCUT2D eigenvalue weighted by molar-refractivity contribution is 7.14. The maximum absolute atomic E-state index is 13.0. The first-order valence-corrected chi connectivity index (χ1v) is 7.03. The predicted octanol–water partition coefficient (Wildman–Crippen LogP) is 3.56. The number of ether oxygens (including phenoxy) is 1. The number of nitrogens with zero attached hydrogens (tertiary/aromatic N) is 2. The molecule has 4 nitrogen and oxygen atoms in total. The fourth-order valence-electron chi connectivity index (χ4n) is 2.01. The molecule has 0 aliphatic rings. The second-order valence-electron chi connectivity index (χ2n) is 4.29. The number of carbonyl (C=O) groups is 1. The molecule has 0 bridgehead atoms. The molecule has 21 heavy (non-hydrogen) atoms. The van der Waals surface area contributed by atoms with Gasteiger partial charge in [0.2, 0.25) is 0 Å². The van der Waals surface area contributed by atoms with Crippen LogP contribution in [0.15, 0.2) is 41.9 Å². The third-order valence-electron chi connectivity index (χ3n) is 3.02. The van der Waals surface area contributed by atoms with E-state index in [1.54, 1.807) is 30.1 Å². The van der Waals surface area contributed by atoms with Gasteiger partial charge in [0.15, 0.2) is 6.29 Å². The van der Waals surface area contributed by atoms with Crippen molar-refractivity contribution in [3.63, 3.8) is 0 Å². The van der Waals surface area contributed by atoms with Crippen molar-refractivity contribution < 1.29 is 13.9 Å². The van der Waals surface area contributed by atoms with Crippen molar-refractivity contribution in [3.8, 4) is 22.0 Å². The molecule has 2 aromatic heterocycles. The molecule has 0 N–H and O–H groups in total. The molecule has 0 spiro atoms. The molecule has 0 unspecified atom stereocenters. The lowest BCUT2D eigenvalue weighted by Gasteiger charge is -2.01. The third-order valence-corrected chi connectivity index (χ3v) is 3.93. The summed E-state index contributed by atoms with van der Waals surface area (Å²) >= 11 is 1.45. The first kappa shape index (κ1) is 13.5. The molecule has 0 saturated carbocycles. The first-order chi connectivity index (χ1) is 10.2. The van der Waals surface area contributed by atoms with Crippen LogP contribution in [-0.2, 0) is 0 Å². The van der Waals surface area contributed by atoms with Gasteiger partial charge in [-0.3, -0.25) is 4.79 Å². The van der Waals surface area contributed by atoms with Crippen molar-refractivity contribution in [1.29, 1.82) is 0 Å². The topological polar surface area (TPSA) is 44.1 Å². The maximum Gasteiger partial charge on any atom is 0.153 e. The summed E-state index contributed by atoms with van der Waals surface area (Å²) in [6.07, 6.45) is 2.37. The number of hydrogen-bond acceptors (Lipinski definition) is 4. The van der Waals surface area contributed by atoms with Crippen LogP contribution in [0.5, 0.6) is 5.75 Å². The zero-order valence-electron chi connectivity index (χ0n) is 11.1. The Bertz CT molecular complexity index is 777. The lowest BCUT2D eigenvalue weighted by atomic mass is 10.2. The monoisotopic (exact) mass is 302 g/mol. The van der Waals surface area contributed by atoms with Gasteiger partial charge in [0, 0.05) is 6.20 Å². The molecule has 6 heteroatoms. The quantitative estimate of drug-likeness (QED) is 0.692. The fraction of sp³-hybridized carbons (Fsp3) is 0.0667. The summed E-state index contributed by atoms with van der Waals surface area (Å²) in [4.78, 5) is 12.1. The van der Waals surface area contributed by atoms with E-state index in [0.717, 1.165) is 11.2 Å². The van der Waals surface area contributed by atoms with Gasteiger partial charge < -0.3 is 4.74 Å². The zero-order chi connectivity index (χ0) is 14.8. The Labute approximate surface area is 124 Å². The van der Waals surface area contributed by atoms with Crippen molar-refractivity contribution >= 4 is 17.6 Å². The number of halogens is 1. The van der Waals surface area contributed by atoms with Gasteiger partial charge in [-0.15, -0.1) is 11.3 Å². The molecule has 0 atom stereocenters.